The predicted octanol–water partition coefficient (Wildman–Crippen LogP) is 6.76. The minimum atomic E-state index is -0.368. The Morgan fingerprint density at radius 2 is 1.77 bits per heavy atom. The Balaban J connectivity index is 1.36. The van der Waals surface area contributed by atoms with E-state index in [-0.39, 0.29) is 23.9 Å². The van der Waals surface area contributed by atoms with Crippen LogP contribution in [0.25, 0.3) is 33.5 Å². The normalized spacial score (nSPS) is 11.2. The minimum absolute atomic E-state index is 0.223. The van der Waals surface area contributed by atoms with E-state index in [4.69, 9.17) is 23.6 Å². The number of nitrogens with one attached hydrogen (secondary N) is 1. The summed E-state index contributed by atoms with van der Waals surface area (Å²) in [7, 11) is 3.10. The van der Waals surface area contributed by atoms with E-state index >= 15 is 0 Å². The third-order valence-electron chi connectivity index (χ3n) is 7.46. The lowest BCUT2D eigenvalue weighted by molar-refractivity contribution is -0.118. The van der Waals surface area contributed by atoms with Gasteiger partial charge in [0.05, 0.1) is 36.7 Å². The third kappa shape index (κ3) is 6.48. The number of furan rings is 1. The Morgan fingerprint density at radius 1 is 0.979 bits per heavy atom. The standard InChI is InChI=1S/C37H32N4O6/c1-5-9-25-18-24(19-32(45-4)35(25)46-22-34(42)39-26-16-14-23(2)15-17-26)21-38-41-36(40-29-11-7-6-10-27(29)37(41)43)33-20-28-30(44-3)12-8-13-31(28)47-33/h5-8,10-21H,1,9,22H2,2-4H3,(H,39,42). The van der Waals surface area contributed by atoms with Crippen LogP contribution in [0.5, 0.6) is 17.2 Å². The molecule has 0 aliphatic carbocycles. The highest BCUT2D eigenvalue weighted by molar-refractivity contribution is 5.92. The van der Waals surface area contributed by atoms with Crippen molar-refractivity contribution < 1.29 is 23.4 Å². The van der Waals surface area contributed by atoms with Gasteiger partial charge in [-0.15, -0.1) is 6.58 Å². The number of rotatable bonds is 11. The quantitative estimate of drug-likeness (QED) is 0.124. The number of ether oxygens (including phenoxy) is 3. The van der Waals surface area contributed by atoms with E-state index in [2.05, 4.69) is 17.0 Å². The van der Waals surface area contributed by atoms with Crippen molar-refractivity contribution in [3.8, 4) is 28.8 Å². The maximum Gasteiger partial charge on any atom is 0.282 e. The van der Waals surface area contributed by atoms with Crippen LogP contribution in [0.4, 0.5) is 5.69 Å². The number of aryl methyl sites for hydroxylation is 1. The van der Waals surface area contributed by atoms with Crippen molar-refractivity contribution in [2.24, 2.45) is 5.10 Å². The molecule has 6 aromatic rings. The summed E-state index contributed by atoms with van der Waals surface area (Å²) in [6.07, 6.45) is 3.69. The monoisotopic (exact) mass is 628 g/mol. The molecule has 6 rings (SSSR count). The molecule has 0 fully saturated rings. The van der Waals surface area contributed by atoms with Gasteiger partial charge in [-0.1, -0.05) is 42.0 Å². The highest BCUT2D eigenvalue weighted by Crippen LogP contribution is 2.34. The second-order valence-corrected chi connectivity index (χ2v) is 10.7. The Hall–Kier alpha value is -6.16. The lowest BCUT2D eigenvalue weighted by Gasteiger charge is -2.16. The molecule has 1 amide bonds. The number of para-hydroxylation sites is 1. The summed E-state index contributed by atoms with van der Waals surface area (Å²) in [5.41, 5.74) is 3.83. The smallest absolute Gasteiger partial charge is 0.282 e. The largest absolute Gasteiger partial charge is 0.496 e. The first-order chi connectivity index (χ1) is 22.9. The molecule has 47 heavy (non-hydrogen) atoms. The number of amides is 1. The minimum Gasteiger partial charge on any atom is -0.496 e. The molecule has 0 unspecified atom stereocenters. The number of nitrogens with zero attached hydrogens (tertiary/aromatic N) is 3. The van der Waals surface area contributed by atoms with Crippen LogP contribution in [0.3, 0.4) is 0 Å². The molecule has 0 radical (unpaired) electrons. The predicted molar refractivity (Wildman–Crippen MR) is 183 cm³/mol. The fraction of sp³-hybridized carbons (Fsp3) is 0.135. The van der Waals surface area contributed by atoms with Crippen molar-refractivity contribution in [1.29, 1.82) is 0 Å². The lowest BCUT2D eigenvalue weighted by atomic mass is 10.1. The first-order valence-corrected chi connectivity index (χ1v) is 14.8. The Kier molecular flexibility index (Phi) is 8.83. The summed E-state index contributed by atoms with van der Waals surface area (Å²) < 4.78 is 24.5. The number of anilines is 1. The van der Waals surface area contributed by atoms with E-state index in [0.717, 1.165) is 16.5 Å². The van der Waals surface area contributed by atoms with Gasteiger partial charge in [-0.05, 0) is 73.5 Å². The Labute approximate surface area is 270 Å². The molecule has 1 N–H and O–H groups in total. The molecule has 0 saturated heterocycles. The van der Waals surface area contributed by atoms with E-state index in [1.165, 1.54) is 18.0 Å². The molecule has 0 bridgehead atoms. The van der Waals surface area contributed by atoms with Crippen LogP contribution in [-0.2, 0) is 11.2 Å². The second kappa shape index (κ2) is 13.5. The van der Waals surface area contributed by atoms with Crippen molar-refractivity contribution >= 4 is 39.7 Å². The van der Waals surface area contributed by atoms with Gasteiger partial charge in [0.25, 0.3) is 11.5 Å². The van der Waals surface area contributed by atoms with Crippen LogP contribution in [0.2, 0.25) is 0 Å². The van der Waals surface area contributed by atoms with E-state index in [0.29, 0.717) is 57.2 Å². The second-order valence-electron chi connectivity index (χ2n) is 10.7. The van der Waals surface area contributed by atoms with Crippen LogP contribution >= 0.6 is 0 Å². The number of benzene rings is 4. The summed E-state index contributed by atoms with van der Waals surface area (Å²) >= 11 is 0. The van der Waals surface area contributed by atoms with Gasteiger partial charge in [0.1, 0.15) is 11.3 Å². The zero-order valence-corrected chi connectivity index (χ0v) is 26.2. The van der Waals surface area contributed by atoms with Crippen LogP contribution in [0.1, 0.15) is 16.7 Å². The summed E-state index contributed by atoms with van der Waals surface area (Å²) in [6, 6.07) is 25.4. The van der Waals surface area contributed by atoms with Gasteiger partial charge >= 0.3 is 0 Å². The van der Waals surface area contributed by atoms with Crippen molar-refractivity contribution in [2.75, 3.05) is 26.1 Å². The molecule has 10 nitrogen and oxygen atoms in total. The highest BCUT2D eigenvalue weighted by atomic mass is 16.5. The van der Waals surface area contributed by atoms with Gasteiger partial charge in [0, 0.05) is 11.3 Å². The van der Waals surface area contributed by atoms with Crippen molar-refractivity contribution in [2.45, 2.75) is 13.3 Å². The third-order valence-corrected chi connectivity index (χ3v) is 7.46. The highest BCUT2D eigenvalue weighted by Gasteiger charge is 2.19. The summed E-state index contributed by atoms with van der Waals surface area (Å²) in [5.74, 6) is 1.69. The molecule has 0 spiro atoms. The number of methoxy groups -OCH3 is 2. The van der Waals surface area contributed by atoms with Gasteiger partial charge in [0.15, 0.2) is 23.9 Å². The first kappa shape index (κ1) is 30.8. The molecule has 0 aliphatic rings. The van der Waals surface area contributed by atoms with E-state index in [9.17, 15) is 9.59 Å². The van der Waals surface area contributed by atoms with Crippen LogP contribution in [0.15, 0.2) is 112 Å². The molecule has 2 aromatic heterocycles. The fourth-order valence-corrected chi connectivity index (χ4v) is 5.19. The average Bonchev–Trinajstić information content (AvgIpc) is 3.53. The molecular formula is C37H32N4O6. The number of hydrogen-bond donors (Lipinski definition) is 1. The molecule has 236 valence electrons. The van der Waals surface area contributed by atoms with Crippen LogP contribution in [-0.4, -0.2) is 42.6 Å². The Morgan fingerprint density at radius 3 is 2.53 bits per heavy atom. The fourth-order valence-electron chi connectivity index (χ4n) is 5.19. The lowest BCUT2D eigenvalue weighted by Crippen LogP contribution is -2.21. The van der Waals surface area contributed by atoms with Gasteiger partial charge in [-0.25, -0.2) is 4.98 Å². The SMILES string of the molecule is C=CCc1cc(C=Nn2c(-c3cc4c(OC)cccc4o3)nc3ccccc3c2=O)cc(OC)c1OCC(=O)Nc1ccc(C)cc1. The number of carbonyl (C=O) groups is 1. The molecule has 0 aliphatic heterocycles. The molecule has 2 heterocycles. The molecule has 0 saturated carbocycles. The van der Waals surface area contributed by atoms with Gasteiger partial charge < -0.3 is 23.9 Å². The van der Waals surface area contributed by atoms with Crippen molar-refractivity contribution in [1.82, 2.24) is 9.66 Å². The maximum absolute atomic E-state index is 13.8. The van der Waals surface area contributed by atoms with Gasteiger partial charge in [-0.2, -0.15) is 9.78 Å². The number of aromatic nitrogens is 2. The number of fused-ring (bicyclic) bond motifs is 2. The van der Waals surface area contributed by atoms with Gasteiger partial charge in [0.2, 0.25) is 5.82 Å². The zero-order chi connectivity index (χ0) is 32.9. The molecule has 10 heteroatoms. The van der Waals surface area contributed by atoms with Crippen LogP contribution < -0.4 is 25.1 Å². The average molecular weight is 629 g/mol. The number of allylic oxidation sites excluding steroid dienone is 1. The van der Waals surface area contributed by atoms with E-state index < -0.39 is 0 Å². The number of hydrogen-bond acceptors (Lipinski definition) is 8. The first-order valence-electron chi connectivity index (χ1n) is 14.8. The molecule has 4 aromatic carbocycles. The van der Waals surface area contributed by atoms with E-state index in [1.807, 2.05) is 61.5 Å². The molecule has 0 atom stereocenters. The van der Waals surface area contributed by atoms with Crippen LogP contribution in [0, 0.1) is 6.92 Å². The maximum atomic E-state index is 13.8. The molecular weight excluding hydrogens is 596 g/mol. The summed E-state index contributed by atoms with van der Waals surface area (Å²) in [5, 5.41) is 8.56. The Bertz CT molecular complexity index is 2200. The summed E-state index contributed by atoms with van der Waals surface area (Å²) in [4.78, 5) is 31.2. The number of carbonyl (C=O) groups excluding carboxylic acids is 1. The van der Waals surface area contributed by atoms with Gasteiger partial charge in [-0.3, -0.25) is 9.59 Å². The van der Waals surface area contributed by atoms with Crippen molar-refractivity contribution in [3.05, 3.63) is 125 Å². The topological polar surface area (TPSA) is 117 Å². The van der Waals surface area contributed by atoms with E-state index in [1.54, 1.807) is 43.5 Å². The summed E-state index contributed by atoms with van der Waals surface area (Å²) in [6.45, 7) is 5.61. The van der Waals surface area contributed by atoms with Crippen molar-refractivity contribution in [3.63, 3.8) is 0 Å². The zero-order valence-electron chi connectivity index (χ0n) is 26.2.